The molecule has 0 aliphatic rings. The number of nitrogens with zero attached hydrogens (tertiary/aromatic N) is 1. The Morgan fingerprint density at radius 2 is 2.12 bits per heavy atom. The third-order valence-electron chi connectivity index (χ3n) is 1.87. The van der Waals surface area contributed by atoms with Gasteiger partial charge in [0.2, 0.25) is 0 Å². The summed E-state index contributed by atoms with van der Waals surface area (Å²) in [5, 5.41) is 12.8. The van der Waals surface area contributed by atoms with Gasteiger partial charge in [0, 0.05) is 0 Å². The van der Waals surface area contributed by atoms with Crippen molar-refractivity contribution >= 4 is 23.2 Å². The Balaban J connectivity index is 3.11. The van der Waals surface area contributed by atoms with Crippen LogP contribution in [0.4, 0.5) is 11.4 Å². The molecule has 0 unspecified atom stereocenters. The summed E-state index contributed by atoms with van der Waals surface area (Å²) in [6.45, 7) is 0. The van der Waals surface area contributed by atoms with E-state index in [0.717, 1.165) is 6.07 Å². The van der Waals surface area contributed by atoms with Crippen LogP contribution in [-0.2, 0) is 9.59 Å². The number of ether oxygens (including phenoxy) is 1. The molecule has 0 spiro atoms. The molecule has 0 bridgehead atoms. The summed E-state index contributed by atoms with van der Waals surface area (Å²) in [5.74, 6) is -2.10. The predicted octanol–water partition coefficient (Wildman–Crippen LogP) is 0.0272. The number of nitrogens with one attached hydrogen (secondary N) is 1. The van der Waals surface area contributed by atoms with Crippen LogP contribution in [0.25, 0.3) is 0 Å². The summed E-state index contributed by atoms with van der Waals surface area (Å²) in [5.41, 5.74) is 4.21. The number of benzene rings is 1. The highest BCUT2D eigenvalue weighted by atomic mass is 16.6. The van der Waals surface area contributed by atoms with Crippen LogP contribution < -0.4 is 15.8 Å². The molecular formula is C9H9N3O5. The van der Waals surface area contributed by atoms with E-state index in [2.05, 4.69) is 0 Å². The quantitative estimate of drug-likeness (QED) is 0.437. The number of amides is 2. The van der Waals surface area contributed by atoms with Gasteiger partial charge in [0.05, 0.1) is 18.1 Å². The molecule has 1 aromatic carbocycles. The lowest BCUT2D eigenvalue weighted by Gasteiger charge is -2.05. The zero-order valence-corrected chi connectivity index (χ0v) is 8.80. The fourth-order valence-corrected chi connectivity index (χ4v) is 1.08. The molecule has 0 aromatic heterocycles. The Labute approximate surface area is 95.5 Å². The SMILES string of the molecule is COc1ccc(NC(=O)C(N)=O)c([N+](=O)[O-])c1. The van der Waals surface area contributed by atoms with Crippen molar-refractivity contribution in [3.05, 3.63) is 28.3 Å². The highest BCUT2D eigenvalue weighted by Gasteiger charge is 2.19. The zero-order chi connectivity index (χ0) is 13.0. The Morgan fingerprint density at radius 1 is 1.47 bits per heavy atom. The maximum Gasteiger partial charge on any atom is 0.313 e. The van der Waals surface area contributed by atoms with Gasteiger partial charge < -0.3 is 15.8 Å². The van der Waals surface area contributed by atoms with Crippen LogP contribution in [0, 0.1) is 10.1 Å². The topological polar surface area (TPSA) is 125 Å². The maximum atomic E-state index is 11.0. The lowest BCUT2D eigenvalue weighted by atomic mass is 10.2. The van der Waals surface area contributed by atoms with Crippen molar-refractivity contribution in [3.8, 4) is 5.75 Å². The van der Waals surface area contributed by atoms with Crippen LogP contribution in [-0.4, -0.2) is 23.8 Å². The van der Waals surface area contributed by atoms with Crippen molar-refractivity contribution in [2.45, 2.75) is 0 Å². The van der Waals surface area contributed by atoms with Gasteiger partial charge in [-0.05, 0) is 12.1 Å². The lowest BCUT2D eigenvalue weighted by Crippen LogP contribution is -2.29. The van der Waals surface area contributed by atoms with Gasteiger partial charge >= 0.3 is 11.8 Å². The normalized spacial score (nSPS) is 9.47. The largest absolute Gasteiger partial charge is 0.496 e. The van der Waals surface area contributed by atoms with Crippen molar-refractivity contribution in [1.82, 2.24) is 0 Å². The summed E-state index contributed by atoms with van der Waals surface area (Å²) in [7, 11) is 1.35. The second-order valence-electron chi connectivity index (χ2n) is 2.96. The van der Waals surface area contributed by atoms with Crippen molar-refractivity contribution in [3.63, 3.8) is 0 Å². The molecule has 0 radical (unpaired) electrons. The Hall–Kier alpha value is -2.64. The van der Waals surface area contributed by atoms with Crippen molar-refractivity contribution in [2.24, 2.45) is 5.73 Å². The van der Waals surface area contributed by atoms with Gasteiger partial charge in [0.1, 0.15) is 11.4 Å². The number of hydrogen-bond acceptors (Lipinski definition) is 5. The summed E-state index contributed by atoms with van der Waals surface area (Å²) in [6, 6.07) is 3.78. The first kappa shape index (κ1) is 12.4. The number of rotatable bonds is 3. The zero-order valence-electron chi connectivity index (χ0n) is 8.80. The van der Waals surface area contributed by atoms with E-state index in [4.69, 9.17) is 10.5 Å². The fraction of sp³-hybridized carbons (Fsp3) is 0.111. The van der Waals surface area contributed by atoms with E-state index >= 15 is 0 Å². The number of carbonyl (C=O) groups is 2. The first-order valence-corrected chi connectivity index (χ1v) is 4.39. The number of nitro benzene ring substituents is 1. The molecule has 8 heteroatoms. The molecule has 0 saturated heterocycles. The van der Waals surface area contributed by atoms with Crippen LogP contribution >= 0.6 is 0 Å². The Kier molecular flexibility index (Phi) is 3.60. The minimum absolute atomic E-state index is 0.125. The van der Waals surface area contributed by atoms with Crippen molar-refractivity contribution < 1.29 is 19.2 Å². The molecule has 0 aliphatic heterocycles. The molecule has 1 aromatic rings. The summed E-state index contributed by atoms with van der Waals surface area (Å²) >= 11 is 0. The molecule has 0 fully saturated rings. The van der Waals surface area contributed by atoms with Crippen LogP contribution in [0.2, 0.25) is 0 Å². The molecule has 0 saturated carbocycles. The van der Waals surface area contributed by atoms with E-state index in [1.807, 2.05) is 5.32 Å². The van der Waals surface area contributed by atoms with Gasteiger partial charge in [-0.2, -0.15) is 0 Å². The minimum Gasteiger partial charge on any atom is -0.496 e. The molecule has 0 heterocycles. The van der Waals surface area contributed by atoms with E-state index in [1.165, 1.54) is 19.2 Å². The number of carbonyl (C=O) groups excluding carboxylic acids is 2. The summed E-state index contributed by atoms with van der Waals surface area (Å²) < 4.78 is 4.80. The van der Waals surface area contributed by atoms with E-state index in [0.29, 0.717) is 0 Å². The first-order chi connectivity index (χ1) is 7.95. The lowest BCUT2D eigenvalue weighted by molar-refractivity contribution is -0.384. The molecular weight excluding hydrogens is 230 g/mol. The van der Waals surface area contributed by atoms with Gasteiger partial charge in [-0.25, -0.2) is 0 Å². The second kappa shape index (κ2) is 4.92. The summed E-state index contributed by atoms with van der Waals surface area (Å²) in [6.07, 6.45) is 0. The van der Waals surface area contributed by atoms with Gasteiger partial charge in [0.25, 0.3) is 5.69 Å². The molecule has 8 nitrogen and oxygen atoms in total. The smallest absolute Gasteiger partial charge is 0.313 e. The highest BCUT2D eigenvalue weighted by Crippen LogP contribution is 2.28. The highest BCUT2D eigenvalue weighted by molar-refractivity contribution is 6.39. The average molecular weight is 239 g/mol. The Bertz CT molecular complexity index is 486. The van der Waals surface area contributed by atoms with Crippen molar-refractivity contribution in [2.75, 3.05) is 12.4 Å². The summed E-state index contributed by atoms with van der Waals surface area (Å²) in [4.78, 5) is 31.5. The molecule has 2 amide bonds. The van der Waals surface area contributed by atoms with Crippen LogP contribution in [0.3, 0.4) is 0 Å². The second-order valence-corrected chi connectivity index (χ2v) is 2.96. The first-order valence-electron chi connectivity index (χ1n) is 4.39. The maximum absolute atomic E-state index is 11.0. The van der Waals surface area contributed by atoms with E-state index in [9.17, 15) is 19.7 Å². The predicted molar refractivity (Wildman–Crippen MR) is 57.5 cm³/mol. The Morgan fingerprint density at radius 3 is 2.59 bits per heavy atom. The monoisotopic (exact) mass is 239 g/mol. The standard InChI is InChI=1S/C9H9N3O5/c1-17-5-2-3-6(7(4-5)12(15)16)11-9(14)8(10)13/h2-4H,1H3,(H2,10,13)(H,11,14). The van der Waals surface area contributed by atoms with Crippen LogP contribution in [0.5, 0.6) is 5.75 Å². The molecule has 0 atom stereocenters. The number of methoxy groups -OCH3 is 1. The van der Waals surface area contributed by atoms with E-state index in [-0.39, 0.29) is 17.1 Å². The fourth-order valence-electron chi connectivity index (χ4n) is 1.08. The van der Waals surface area contributed by atoms with Gasteiger partial charge in [-0.1, -0.05) is 0 Å². The van der Waals surface area contributed by atoms with E-state index < -0.39 is 16.7 Å². The van der Waals surface area contributed by atoms with Crippen molar-refractivity contribution in [1.29, 1.82) is 0 Å². The van der Waals surface area contributed by atoms with Crippen LogP contribution in [0.1, 0.15) is 0 Å². The minimum atomic E-state index is -1.23. The molecule has 1 rings (SSSR count). The number of hydrogen-bond donors (Lipinski definition) is 2. The van der Waals surface area contributed by atoms with Gasteiger partial charge in [0.15, 0.2) is 0 Å². The molecule has 90 valence electrons. The third kappa shape index (κ3) is 2.91. The average Bonchev–Trinajstić information content (AvgIpc) is 2.29. The number of nitro groups is 1. The number of nitrogens with two attached hydrogens (primary N) is 1. The van der Waals surface area contributed by atoms with Gasteiger partial charge in [-0.15, -0.1) is 0 Å². The molecule has 17 heavy (non-hydrogen) atoms. The third-order valence-corrected chi connectivity index (χ3v) is 1.87. The van der Waals surface area contributed by atoms with Crippen LogP contribution in [0.15, 0.2) is 18.2 Å². The number of anilines is 1. The molecule has 0 aliphatic carbocycles. The van der Waals surface area contributed by atoms with E-state index in [1.54, 1.807) is 0 Å². The van der Waals surface area contributed by atoms with Gasteiger partial charge in [-0.3, -0.25) is 19.7 Å². The number of primary amides is 1. The molecule has 3 N–H and O–H groups in total.